The summed E-state index contributed by atoms with van der Waals surface area (Å²) in [4.78, 5) is 22.9. The summed E-state index contributed by atoms with van der Waals surface area (Å²) in [7, 11) is 0. The SMILES string of the molecule is CC(=O)Nc1ccc(C(=O)COc2ccc(F)cc2Br)c(F)c1. The Bertz CT molecular complexity index is 765. The van der Waals surface area contributed by atoms with Gasteiger partial charge in [0.25, 0.3) is 0 Å². The Labute approximate surface area is 139 Å². The fourth-order valence-corrected chi connectivity index (χ4v) is 2.30. The molecule has 0 radical (unpaired) electrons. The number of benzene rings is 2. The van der Waals surface area contributed by atoms with Gasteiger partial charge in [-0.25, -0.2) is 8.78 Å². The van der Waals surface area contributed by atoms with Gasteiger partial charge in [0, 0.05) is 12.6 Å². The van der Waals surface area contributed by atoms with E-state index in [2.05, 4.69) is 21.2 Å². The highest BCUT2D eigenvalue weighted by Gasteiger charge is 2.14. The number of amides is 1. The molecule has 23 heavy (non-hydrogen) atoms. The third-order valence-electron chi connectivity index (χ3n) is 2.84. The minimum Gasteiger partial charge on any atom is -0.484 e. The van der Waals surface area contributed by atoms with Crippen molar-refractivity contribution in [1.29, 1.82) is 0 Å². The molecule has 0 fully saturated rings. The molecule has 0 saturated heterocycles. The molecule has 0 heterocycles. The zero-order chi connectivity index (χ0) is 17.0. The van der Waals surface area contributed by atoms with Crippen molar-refractivity contribution in [2.24, 2.45) is 0 Å². The molecular weight excluding hydrogens is 372 g/mol. The summed E-state index contributed by atoms with van der Waals surface area (Å²) in [6.45, 7) is 0.895. The van der Waals surface area contributed by atoms with Crippen LogP contribution in [0.2, 0.25) is 0 Å². The summed E-state index contributed by atoms with van der Waals surface area (Å²) in [6.07, 6.45) is 0. The fourth-order valence-electron chi connectivity index (χ4n) is 1.84. The molecule has 4 nitrogen and oxygen atoms in total. The van der Waals surface area contributed by atoms with E-state index < -0.39 is 24.0 Å². The molecule has 0 aliphatic rings. The number of halogens is 3. The van der Waals surface area contributed by atoms with E-state index in [1.54, 1.807) is 0 Å². The second-order valence-corrected chi connectivity index (χ2v) is 5.52. The number of hydrogen-bond donors (Lipinski definition) is 1. The Kier molecular flexibility index (Phi) is 5.44. The lowest BCUT2D eigenvalue weighted by Gasteiger charge is -2.09. The minimum atomic E-state index is -0.761. The topological polar surface area (TPSA) is 55.4 Å². The first-order chi connectivity index (χ1) is 10.9. The summed E-state index contributed by atoms with van der Waals surface area (Å²) in [6, 6.07) is 7.50. The van der Waals surface area contributed by atoms with Crippen molar-refractivity contribution in [3.05, 3.63) is 58.1 Å². The highest BCUT2D eigenvalue weighted by molar-refractivity contribution is 9.10. The number of carbonyl (C=O) groups excluding carboxylic acids is 2. The van der Waals surface area contributed by atoms with Crippen LogP contribution in [0.5, 0.6) is 5.75 Å². The first-order valence-electron chi connectivity index (χ1n) is 6.55. The summed E-state index contributed by atoms with van der Waals surface area (Å²) in [5, 5.41) is 2.42. The van der Waals surface area contributed by atoms with Crippen molar-refractivity contribution < 1.29 is 23.1 Å². The van der Waals surface area contributed by atoms with Gasteiger partial charge in [-0.2, -0.15) is 0 Å². The van der Waals surface area contributed by atoms with Gasteiger partial charge in [-0.15, -0.1) is 0 Å². The summed E-state index contributed by atoms with van der Waals surface area (Å²) in [5.74, 6) is -1.85. The Morgan fingerprint density at radius 2 is 1.91 bits per heavy atom. The molecule has 0 aliphatic carbocycles. The molecule has 0 spiro atoms. The Morgan fingerprint density at radius 3 is 2.52 bits per heavy atom. The monoisotopic (exact) mass is 383 g/mol. The number of carbonyl (C=O) groups is 2. The van der Waals surface area contributed by atoms with Crippen LogP contribution in [0.25, 0.3) is 0 Å². The quantitative estimate of drug-likeness (QED) is 0.795. The van der Waals surface area contributed by atoms with Gasteiger partial charge in [0.1, 0.15) is 17.4 Å². The third-order valence-corrected chi connectivity index (χ3v) is 3.46. The first-order valence-corrected chi connectivity index (χ1v) is 7.34. The minimum absolute atomic E-state index is 0.155. The predicted molar refractivity (Wildman–Crippen MR) is 84.6 cm³/mol. The van der Waals surface area contributed by atoms with Crippen molar-refractivity contribution in [2.45, 2.75) is 6.92 Å². The van der Waals surface area contributed by atoms with Crippen molar-refractivity contribution in [3.63, 3.8) is 0 Å². The molecule has 0 aromatic heterocycles. The van der Waals surface area contributed by atoms with Crippen LogP contribution in [0, 0.1) is 11.6 Å². The van der Waals surface area contributed by atoms with Gasteiger partial charge in [-0.3, -0.25) is 9.59 Å². The summed E-state index contributed by atoms with van der Waals surface area (Å²) < 4.78 is 32.5. The van der Waals surface area contributed by atoms with Gasteiger partial charge in [-0.1, -0.05) is 0 Å². The molecule has 1 amide bonds. The second-order valence-electron chi connectivity index (χ2n) is 4.66. The van der Waals surface area contributed by atoms with Gasteiger partial charge in [0.2, 0.25) is 11.7 Å². The zero-order valence-electron chi connectivity index (χ0n) is 12.0. The lowest BCUT2D eigenvalue weighted by Crippen LogP contribution is -2.14. The van der Waals surface area contributed by atoms with E-state index in [4.69, 9.17) is 4.74 Å². The largest absolute Gasteiger partial charge is 0.484 e. The third kappa shape index (κ3) is 4.59. The van der Waals surface area contributed by atoms with Crippen LogP contribution >= 0.6 is 15.9 Å². The number of nitrogens with one attached hydrogen (secondary N) is 1. The van der Waals surface area contributed by atoms with Crippen LogP contribution in [0.1, 0.15) is 17.3 Å². The van der Waals surface area contributed by atoms with Gasteiger partial charge in [0.15, 0.2) is 6.61 Å². The molecule has 2 rings (SSSR count). The number of anilines is 1. The highest BCUT2D eigenvalue weighted by Crippen LogP contribution is 2.25. The maximum absolute atomic E-state index is 13.9. The summed E-state index contributed by atoms with van der Waals surface area (Å²) in [5.41, 5.74) is 0.103. The normalized spacial score (nSPS) is 10.3. The molecule has 0 atom stereocenters. The van der Waals surface area contributed by atoms with E-state index in [1.165, 1.54) is 37.3 Å². The van der Waals surface area contributed by atoms with Crippen molar-refractivity contribution >= 4 is 33.3 Å². The number of ketones is 1. The van der Waals surface area contributed by atoms with E-state index in [-0.39, 0.29) is 22.9 Å². The van der Waals surface area contributed by atoms with E-state index >= 15 is 0 Å². The predicted octanol–water partition coefficient (Wildman–Crippen LogP) is 3.95. The maximum Gasteiger partial charge on any atom is 0.221 e. The number of Topliss-reactive ketones (excluding diaryl/α,β-unsaturated/α-hetero) is 1. The van der Waals surface area contributed by atoms with Crippen LogP contribution in [0.3, 0.4) is 0 Å². The van der Waals surface area contributed by atoms with Crippen LogP contribution in [0.4, 0.5) is 14.5 Å². The Hall–Kier alpha value is -2.28. The van der Waals surface area contributed by atoms with E-state index in [1.807, 2.05) is 0 Å². The smallest absolute Gasteiger partial charge is 0.221 e. The van der Waals surface area contributed by atoms with Crippen molar-refractivity contribution in [2.75, 3.05) is 11.9 Å². The highest BCUT2D eigenvalue weighted by atomic mass is 79.9. The number of hydrogen-bond acceptors (Lipinski definition) is 3. The average Bonchev–Trinajstić information content (AvgIpc) is 2.45. The number of ether oxygens (including phenoxy) is 1. The van der Waals surface area contributed by atoms with Crippen molar-refractivity contribution in [1.82, 2.24) is 0 Å². The molecule has 1 N–H and O–H groups in total. The van der Waals surface area contributed by atoms with Crippen LogP contribution in [0.15, 0.2) is 40.9 Å². The van der Waals surface area contributed by atoms with Crippen LogP contribution in [-0.2, 0) is 4.79 Å². The molecule has 120 valence electrons. The summed E-state index contributed by atoms with van der Waals surface area (Å²) >= 11 is 3.11. The molecule has 7 heteroatoms. The van der Waals surface area contributed by atoms with E-state index in [0.29, 0.717) is 4.47 Å². The van der Waals surface area contributed by atoms with Crippen LogP contribution in [-0.4, -0.2) is 18.3 Å². The fraction of sp³-hybridized carbons (Fsp3) is 0.125. The van der Waals surface area contributed by atoms with Crippen molar-refractivity contribution in [3.8, 4) is 5.75 Å². The van der Waals surface area contributed by atoms with Gasteiger partial charge < -0.3 is 10.1 Å². The molecule has 2 aromatic carbocycles. The molecule has 0 bridgehead atoms. The van der Waals surface area contributed by atoms with Gasteiger partial charge >= 0.3 is 0 Å². The lowest BCUT2D eigenvalue weighted by molar-refractivity contribution is -0.114. The standard InChI is InChI=1S/C16H12BrF2NO3/c1-9(21)20-11-3-4-12(14(19)7-11)15(22)8-23-16-5-2-10(18)6-13(16)17/h2-7H,8H2,1H3,(H,20,21). The molecule has 0 aliphatic heterocycles. The van der Waals surface area contributed by atoms with Gasteiger partial charge in [0.05, 0.1) is 10.0 Å². The first kappa shape index (κ1) is 17.1. The zero-order valence-corrected chi connectivity index (χ0v) is 13.6. The molecular formula is C16H12BrF2NO3. The second kappa shape index (κ2) is 7.32. The Morgan fingerprint density at radius 1 is 1.17 bits per heavy atom. The molecule has 2 aromatic rings. The Balaban J connectivity index is 2.07. The van der Waals surface area contributed by atoms with Gasteiger partial charge in [-0.05, 0) is 52.3 Å². The molecule has 0 unspecified atom stereocenters. The molecule has 0 saturated carbocycles. The average molecular weight is 384 g/mol. The number of rotatable bonds is 5. The lowest BCUT2D eigenvalue weighted by atomic mass is 10.1. The van der Waals surface area contributed by atoms with Crippen LogP contribution < -0.4 is 10.1 Å². The maximum atomic E-state index is 13.9. The van der Waals surface area contributed by atoms with E-state index in [9.17, 15) is 18.4 Å². The van der Waals surface area contributed by atoms with E-state index in [0.717, 1.165) is 6.07 Å².